The quantitative estimate of drug-likeness (QED) is 0.715. The van der Waals surface area contributed by atoms with Crippen molar-refractivity contribution in [2.75, 3.05) is 24.3 Å². The van der Waals surface area contributed by atoms with E-state index in [1.165, 1.54) is 7.11 Å². The fourth-order valence-corrected chi connectivity index (χ4v) is 2.36. The molecule has 0 atom stereocenters. The average molecular weight is 377 g/mol. The Balaban J connectivity index is 1.93. The van der Waals surface area contributed by atoms with Gasteiger partial charge in [0, 0.05) is 5.69 Å². The van der Waals surface area contributed by atoms with Gasteiger partial charge in [0.1, 0.15) is 5.75 Å². The maximum absolute atomic E-state index is 12.1. The van der Waals surface area contributed by atoms with Crippen molar-refractivity contribution in [3.63, 3.8) is 0 Å². The van der Waals surface area contributed by atoms with Crippen molar-refractivity contribution >= 4 is 34.9 Å². The first kappa shape index (κ1) is 19.6. The predicted octanol–water partition coefficient (Wildman–Crippen LogP) is 3.96. The highest BCUT2D eigenvalue weighted by atomic mass is 35.5. The van der Waals surface area contributed by atoms with Crippen molar-refractivity contribution in [3.8, 4) is 5.75 Å². The lowest BCUT2D eigenvalue weighted by Crippen LogP contribution is -2.22. The number of anilines is 2. The van der Waals surface area contributed by atoms with Crippen molar-refractivity contribution in [1.29, 1.82) is 0 Å². The Morgan fingerprint density at radius 2 is 1.81 bits per heavy atom. The molecule has 0 unspecified atom stereocenters. The van der Waals surface area contributed by atoms with E-state index in [2.05, 4.69) is 15.4 Å². The SMILES string of the molecule is COC(=O)c1ccc(Cl)c(NCC(=O)Nc2ccc(OC(C)C)cc2)c1. The summed E-state index contributed by atoms with van der Waals surface area (Å²) in [5.74, 6) is 0.0162. The smallest absolute Gasteiger partial charge is 0.337 e. The summed E-state index contributed by atoms with van der Waals surface area (Å²) in [6, 6.07) is 11.8. The number of ether oxygens (including phenoxy) is 2. The third-order valence-corrected chi connectivity index (χ3v) is 3.67. The van der Waals surface area contributed by atoms with E-state index < -0.39 is 5.97 Å². The fraction of sp³-hybridized carbons (Fsp3) is 0.263. The van der Waals surface area contributed by atoms with Crippen LogP contribution in [0.3, 0.4) is 0 Å². The summed E-state index contributed by atoms with van der Waals surface area (Å²) >= 11 is 6.09. The van der Waals surface area contributed by atoms with Gasteiger partial charge in [-0.1, -0.05) is 11.6 Å². The molecule has 6 nitrogen and oxygen atoms in total. The van der Waals surface area contributed by atoms with Gasteiger partial charge in [0.2, 0.25) is 5.91 Å². The second-order valence-electron chi connectivity index (χ2n) is 5.78. The van der Waals surface area contributed by atoms with Gasteiger partial charge in [0.25, 0.3) is 0 Å². The molecule has 2 rings (SSSR count). The highest BCUT2D eigenvalue weighted by Gasteiger charge is 2.10. The molecule has 0 heterocycles. The molecule has 0 saturated heterocycles. The number of rotatable bonds is 7. The zero-order valence-corrected chi connectivity index (χ0v) is 15.6. The largest absolute Gasteiger partial charge is 0.491 e. The topological polar surface area (TPSA) is 76.7 Å². The molecule has 0 aliphatic carbocycles. The number of amides is 1. The lowest BCUT2D eigenvalue weighted by atomic mass is 10.2. The van der Waals surface area contributed by atoms with Crippen LogP contribution in [0.4, 0.5) is 11.4 Å². The van der Waals surface area contributed by atoms with E-state index in [4.69, 9.17) is 16.3 Å². The summed E-state index contributed by atoms with van der Waals surface area (Å²) in [4.78, 5) is 23.7. The lowest BCUT2D eigenvalue weighted by molar-refractivity contribution is -0.114. The molecular weight excluding hydrogens is 356 g/mol. The minimum atomic E-state index is -0.474. The highest BCUT2D eigenvalue weighted by molar-refractivity contribution is 6.33. The van der Waals surface area contributed by atoms with Crippen molar-refractivity contribution in [2.45, 2.75) is 20.0 Å². The zero-order chi connectivity index (χ0) is 19.1. The Hall–Kier alpha value is -2.73. The van der Waals surface area contributed by atoms with Gasteiger partial charge in [-0.3, -0.25) is 4.79 Å². The van der Waals surface area contributed by atoms with Crippen molar-refractivity contribution < 1.29 is 19.1 Å². The molecule has 0 bridgehead atoms. The summed E-state index contributed by atoms with van der Waals surface area (Å²) in [5.41, 5.74) is 1.48. The van der Waals surface area contributed by atoms with Gasteiger partial charge in [0.05, 0.1) is 36.0 Å². The second kappa shape index (κ2) is 9.10. The monoisotopic (exact) mass is 376 g/mol. The molecule has 0 aliphatic rings. The van der Waals surface area contributed by atoms with Gasteiger partial charge in [0.15, 0.2) is 0 Å². The molecule has 1 amide bonds. The summed E-state index contributed by atoms with van der Waals surface area (Å²) in [6.45, 7) is 3.89. The van der Waals surface area contributed by atoms with Gasteiger partial charge < -0.3 is 20.1 Å². The van der Waals surface area contributed by atoms with Crippen LogP contribution >= 0.6 is 11.6 Å². The number of hydrogen-bond acceptors (Lipinski definition) is 5. The molecule has 26 heavy (non-hydrogen) atoms. The normalized spacial score (nSPS) is 10.3. The highest BCUT2D eigenvalue weighted by Crippen LogP contribution is 2.23. The number of nitrogens with one attached hydrogen (secondary N) is 2. The molecule has 0 aromatic heterocycles. The van der Waals surface area contributed by atoms with Crippen LogP contribution in [0.2, 0.25) is 5.02 Å². The first-order valence-corrected chi connectivity index (χ1v) is 8.45. The number of hydrogen-bond donors (Lipinski definition) is 2. The van der Waals surface area contributed by atoms with Gasteiger partial charge in [-0.2, -0.15) is 0 Å². The van der Waals surface area contributed by atoms with Crippen LogP contribution in [0, 0.1) is 0 Å². The molecule has 7 heteroatoms. The maximum Gasteiger partial charge on any atom is 0.337 e. The first-order valence-electron chi connectivity index (χ1n) is 8.07. The zero-order valence-electron chi connectivity index (χ0n) is 14.8. The van der Waals surface area contributed by atoms with Crippen LogP contribution in [-0.2, 0) is 9.53 Å². The van der Waals surface area contributed by atoms with E-state index in [-0.39, 0.29) is 18.6 Å². The summed E-state index contributed by atoms with van der Waals surface area (Å²) in [7, 11) is 1.30. The Bertz CT molecular complexity index is 776. The number of halogens is 1. The van der Waals surface area contributed by atoms with E-state index in [0.717, 1.165) is 5.75 Å². The summed E-state index contributed by atoms with van der Waals surface area (Å²) < 4.78 is 10.2. The Morgan fingerprint density at radius 1 is 1.12 bits per heavy atom. The van der Waals surface area contributed by atoms with E-state index in [0.29, 0.717) is 22.0 Å². The van der Waals surface area contributed by atoms with Crippen molar-refractivity contribution in [2.24, 2.45) is 0 Å². The third-order valence-electron chi connectivity index (χ3n) is 3.34. The molecule has 2 aromatic rings. The van der Waals surface area contributed by atoms with Crippen molar-refractivity contribution in [3.05, 3.63) is 53.1 Å². The third kappa shape index (κ3) is 5.67. The second-order valence-corrected chi connectivity index (χ2v) is 6.19. The van der Waals surface area contributed by atoms with E-state index in [9.17, 15) is 9.59 Å². The maximum atomic E-state index is 12.1. The number of esters is 1. The van der Waals surface area contributed by atoms with E-state index in [1.54, 1.807) is 42.5 Å². The average Bonchev–Trinajstić information content (AvgIpc) is 2.61. The minimum absolute atomic E-state index is 0.00537. The number of carbonyl (C=O) groups is 2. The van der Waals surface area contributed by atoms with Crippen LogP contribution < -0.4 is 15.4 Å². The van der Waals surface area contributed by atoms with Gasteiger partial charge in [-0.05, 0) is 56.3 Å². The van der Waals surface area contributed by atoms with Gasteiger partial charge >= 0.3 is 5.97 Å². The molecule has 2 aromatic carbocycles. The van der Waals surface area contributed by atoms with Gasteiger partial charge in [-0.15, -0.1) is 0 Å². The molecule has 0 radical (unpaired) electrons. The standard InChI is InChI=1S/C19H21ClN2O4/c1-12(2)26-15-7-5-14(6-8-15)22-18(23)11-21-17-10-13(19(24)25-3)4-9-16(17)20/h4-10,12,21H,11H2,1-3H3,(H,22,23). The number of benzene rings is 2. The fourth-order valence-electron chi connectivity index (χ4n) is 2.18. The van der Waals surface area contributed by atoms with Crippen LogP contribution in [0.25, 0.3) is 0 Å². The summed E-state index contributed by atoms with van der Waals surface area (Å²) in [5, 5.41) is 6.09. The van der Waals surface area contributed by atoms with Gasteiger partial charge in [-0.25, -0.2) is 4.79 Å². The number of methoxy groups -OCH3 is 1. The first-order chi connectivity index (χ1) is 12.4. The predicted molar refractivity (Wildman–Crippen MR) is 102 cm³/mol. The molecule has 138 valence electrons. The Labute approximate surface area is 157 Å². The van der Waals surface area contributed by atoms with Crippen LogP contribution in [0.1, 0.15) is 24.2 Å². The molecular formula is C19H21ClN2O4. The molecule has 2 N–H and O–H groups in total. The summed E-state index contributed by atoms with van der Waals surface area (Å²) in [6.07, 6.45) is 0.0881. The van der Waals surface area contributed by atoms with E-state index >= 15 is 0 Å². The molecule has 0 fully saturated rings. The molecule has 0 aliphatic heterocycles. The van der Waals surface area contributed by atoms with E-state index in [1.807, 2.05) is 13.8 Å². The lowest BCUT2D eigenvalue weighted by Gasteiger charge is -2.12. The Kier molecular flexibility index (Phi) is 6.86. The van der Waals surface area contributed by atoms with Crippen molar-refractivity contribution in [1.82, 2.24) is 0 Å². The molecule has 0 spiro atoms. The van der Waals surface area contributed by atoms with Crippen LogP contribution in [0.5, 0.6) is 5.75 Å². The number of carbonyl (C=O) groups excluding carboxylic acids is 2. The van der Waals surface area contributed by atoms with Crippen LogP contribution in [0.15, 0.2) is 42.5 Å². The van der Waals surface area contributed by atoms with Crippen LogP contribution in [-0.4, -0.2) is 31.6 Å². The minimum Gasteiger partial charge on any atom is -0.491 e. The molecule has 0 saturated carbocycles. The Morgan fingerprint density at radius 3 is 2.42 bits per heavy atom.